The van der Waals surface area contributed by atoms with Crippen LogP contribution in [0.25, 0.3) is 5.65 Å². The molecule has 1 amide bonds. The third-order valence-corrected chi connectivity index (χ3v) is 4.84. The molecule has 0 unspecified atom stereocenters. The van der Waals surface area contributed by atoms with Crippen molar-refractivity contribution < 1.29 is 4.79 Å². The van der Waals surface area contributed by atoms with Crippen LogP contribution in [0.2, 0.25) is 0 Å². The summed E-state index contributed by atoms with van der Waals surface area (Å²) in [5.41, 5.74) is 2.65. The van der Waals surface area contributed by atoms with Crippen LogP contribution < -0.4 is 0 Å². The third-order valence-electron chi connectivity index (χ3n) is 4.41. The van der Waals surface area contributed by atoms with Gasteiger partial charge in [0.1, 0.15) is 5.65 Å². The lowest BCUT2D eigenvalue weighted by molar-refractivity contribution is 0.0626. The Bertz CT molecular complexity index is 868. The van der Waals surface area contributed by atoms with Gasteiger partial charge in [0.2, 0.25) is 0 Å². The highest BCUT2D eigenvalue weighted by molar-refractivity contribution is 9.10. The maximum absolute atomic E-state index is 12.6. The molecule has 6 nitrogen and oxygen atoms in total. The molecule has 0 N–H and O–H groups in total. The van der Waals surface area contributed by atoms with Crippen molar-refractivity contribution in [2.24, 2.45) is 0 Å². The number of carbonyl (C=O) groups excluding carboxylic acids is 1. The first-order valence-electron chi connectivity index (χ1n) is 8.24. The normalized spacial score (nSPS) is 15.6. The molecule has 1 fully saturated rings. The van der Waals surface area contributed by atoms with E-state index in [1.165, 1.54) is 0 Å². The first-order valence-corrected chi connectivity index (χ1v) is 9.03. The van der Waals surface area contributed by atoms with Crippen LogP contribution in [0.15, 0.2) is 53.5 Å². The van der Waals surface area contributed by atoms with Gasteiger partial charge >= 0.3 is 0 Å². The lowest BCUT2D eigenvalue weighted by atomic mass is 10.2. The Hall–Kier alpha value is -2.25. The minimum Gasteiger partial charge on any atom is -0.336 e. The summed E-state index contributed by atoms with van der Waals surface area (Å²) in [4.78, 5) is 25.5. The van der Waals surface area contributed by atoms with Crippen LogP contribution in [0, 0.1) is 0 Å². The van der Waals surface area contributed by atoms with E-state index in [0.29, 0.717) is 5.56 Å². The molecule has 1 saturated heterocycles. The second-order valence-corrected chi connectivity index (χ2v) is 7.07. The fourth-order valence-electron chi connectivity index (χ4n) is 3.11. The molecule has 4 heterocycles. The molecule has 0 bridgehead atoms. The monoisotopic (exact) mass is 399 g/mol. The molecule has 0 aliphatic carbocycles. The predicted molar refractivity (Wildman–Crippen MR) is 98.3 cm³/mol. The van der Waals surface area contributed by atoms with E-state index < -0.39 is 0 Å². The second-order valence-electron chi connectivity index (χ2n) is 6.16. The standard InChI is InChI=1S/C18H18BrN5O/c19-15-9-14(10-20-11-15)18(25)23-7-5-22(6-8-23)12-16-13-24-4-2-1-3-17(24)21-16/h1-4,9-11,13H,5-8,12H2. The number of hydrogen-bond donors (Lipinski definition) is 0. The first-order chi connectivity index (χ1) is 12.2. The molecule has 0 aromatic carbocycles. The summed E-state index contributed by atoms with van der Waals surface area (Å²) >= 11 is 3.37. The van der Waals surface area contributed by atoms with Gasteiger partial charge in [-0.05, 0) is 34.1 Å². The van der Waals surface area contributed by atoms with Crippen molar-refractivity contribution >= 4 is 27.5 Å². The first kappa shape index (κ1) is 16.2. The van der Waals surface area contributed by atoms with E-state index in [0.717, 1.165) is 48.5 Å². The minimum absolute atomic E-state index is 0.0428. The fraction of sp³-hybridized carbons (Fsp3) is 0.278. The number of amides is 1. The van der Waals surface area contributed by atoms with Gasteiger partial charge in [-0.2, -0.15) is 0 Å². The van der Waals surface area contributed by atoms with Gasteiger partial charge < -0.3 is 9.30 Å². The van der Waals surface area contributed by atoms with E-state index in [1.54, 1.807) is 12.4 Å². The number of nitrogens with zero attached hydrogens (tertiary/aromatic N) is 5. The molecule has 0 radical (unpaired) electrons. The van der Waals surface area contributed by atoms with E-state index in [1.807, 2.05) is 39.8 Å². The Balaban J connectivity index is 1.37. The lowest BCUT2D eigenvalue weighted by Crippen LogP contribution is -2.48. The number of fused-ring (bicyclic) bond motifs is 1. The van der Waals surface area contributed by atoms with Crippen LogP contribution in [0.3, 0.4) is 0 Å². The summed E-state index contributed by atoms with van der Waals surface area (Å²) in [6.07, 6.45) is 7.38. The summed E-state index contributed by atoms with van der Waals surface area (Å²) in [5.74, 6) is 0.0428. The van der Waals surface area contributed by atoms with Crippen molar-refractivity contribution in [2.45, 2.75) is 6.54 Å². The topological polar surface area (TPSA) is 53.7 Å². The van der Waals surface area contributed by atoms with Gasteiger partial charge in [0, 0.05) is 62.0 Å². The zero-order chi connectivity index (χ0) is 17.2. The summed E-state index contributed by atoms with van der Waals surface area (Å²) in [5, 5.41) is 0. The Morgan fingerprint density at radius 2 is 2.00 bits per heavy atom. The van der Waals surface area contributed by atoms with Crippen LogP contribution in [-0.2, 0) is 6.54 Å². The highest BCUT2D eigenvalue weighted by atomic mass is 79.9. The van der Waals surface area contributed by atoms with E-state index in [2.05, 4.69) is 37.0 Å². The maximum Gasteiger partial charge on any atom is 0.255 e. The number of pyridine rings is 2. The zero-order valence-corrected chi connectivity index (χ0v) is 15.3. The van der Waals surface area contributed by atoms with Crippen molar-refractivity contribution in [2.75, 3.05) is 26.2 Å². The molecule has 0 saturated carbocycles. The van der Waals surface area contributed by atoms with Gasteiger partial charge in [-0.15, -0.1) is 0 Å². The molecule has 4 rings (SSSR count). The lowest BCUT2D eigenvalue weighted by Gasteiger charge is -2.34. The highest BCUT2D eigenvalue weighted by Gasteiger charge is 2.23. The number of halogens is 1. The molecule has 128 valence electrons. The fourth-order valence-corrected chi connectivity index (χ4v) is 3.48. The average Bonchev–Trinajstić information content (AvgIpc) is 3.04. The molecule has 1 aliphatic heterocycles. The van der Waals surface area contributed by atoms with Gasteiger partial charge in [-0.1, -0.05) is 6.07 Å². The van der Waals surface area contributed by atoms with Gasteiger partial charge in [-0.25, -0.2) is 4.98 Å². The summed E-state index contributed by atoms with van der Waals surface area (Å²) in [7, 11) is 0. The smallest absolute Gasteiger partial charge is 0.255 e. The number of rotatable bonds is 3. The highest BCUT2D eigenvalue weighted by Crippen LogP contribution is 2.14. The largest absolute Gasteiger partial charge is 0.336 e. The number of carbonyl (C=O) groups is 1. The molecule has 25 heavy (non-hydrogen) atoms. The van der Waals surface area contributed by atoms with Gasteiger partial charge in [0.25, 0.3) is 5.91 Å². The van der Waals surface area contributed by atoms with Crippen molar-refractivity contribution in [3.63, 3.8) is 0 Å². The number of aromatic nitrogens is 3. The number of piperazine rings is 1. The van der Waals surface area contributed by atoms with Crippen molar-refractivity contribution in [1.82, 2.24) is 24.2 Å². The number of imidazole rings is 1. The van der Waals surface area contributed by atoms with Gasteiger partial charge in [-0.3, -0.25) is 14.7 Å². The summed E-state index contributed by atoms with van der Waals surface area (Å²) < 4.78 is 2.86. The average molecular weight is 400 g/mol. The van der Waals surface area contributed by atoms with Crippen LogP contribution >= 0.6 is 15.9 Å². The van der Waals surface area contributed by atoms with Gasteiger partial charge in [0.15, 0.2) is 0 Å². The third kappa shape index (κ3) is 3.57. The molecular formula is C18H18BrN5O. The number of hydrogen-bond acceptors (Lipinski definition) is 4. The zero-order valence-electron chi connectivity index (χ0n) is 13.7. The van der Waals surface area contributed by atoms with Crippen LogP contribution in [0.4, 0.5) is 0 Å². The predicted octanol–water partition coefficient (Wildman–Crippen LogP) is 2.45. The van der Waals surface area contributed by atoms with Gasteiger partial charge in [0.05, 0.1) is 11.3 Å². The molecule has 3 aromatic heterocycles. The molecule has 3 aromatic rings. The van der Waals surface area contributed by atoms with E-state index >= 15 is 0 Å². The van der Waals surface area contributed by atoms with Crippen LogP contribution in [0.5, 0.6) is 0 Å². The maximum atomic E-state index is 12.6. The second kappa shape index (κ2) is 6.93. The van der Waals surface area contributed by atoms with Crippen molar-refractivity contribution in [3.8, 4) is 0 Å². The minimum atomic E-state index is 0.0428. The summed E-state index contributed by atoms with van der Waals surface area (Å²) in [6, 6.07) is 7.82. The molecule has 7 heteroatoms. The van der Waals surface area contributed by atoms with Crippen LogP contribution in [-0.4, -0.2) is 56.3 Å². The summed E-state index contributed by atoms with van der Waals surface area (Å²) in [6.45, 7) is 3.95. The quantitative estimate of drug-likeness (QED) is 0.678. The Morgan fingerprint density at radius 3 is 2.76 bits per heavy atom. The van der Waals surface area contributed by atoms with Crippen molar-refractivity contribution in [3.05, 3.63) is 64.8 Å². The Morgan fingerprint density at radius 1 is 1.16 bits per heavy atom. The Labute approximate surface area is 154 Å². The van der Waals surface area contributed by atoms with E-state index in [9.17, 15) is 4.79 Å². The van der Waals surface area contributed by atoms with Crippen LogP contribution in [0.1, 0.15) is 16.1 Å². The molecule has 1 aliphatic rings. The Kier molecular flexibility index (Phi) is 4.50. The molecular weight excluding hydrogens is 382 g/mol. The molecule has 0 atom stereocenters. The van der Waals surface area contributed by atoms with E-state index in [4.69, 9.17) is 0 Å². The SMILES string of the molecule is O=C(c1cncc(Br)c1)N1CCN(Cc2cn3ccccc3n2)CC1. The van der Waals surface area contributed by atoms with Crippen molar-refractivity contribution in [1.29, 1.82) is 0 Å². The van der Waals surface area contributed by atoms with E-state index in [-0.39, 0.29) is 5.91 Å². The molecule has 0 spiro atoms.